The number of rotatable bonds is 8. The maximum absolute atomic E-state index is 5.70. The van der Waals surface area contributed by atoms with Crippen molar-refractivity contribution in [1.82, 2.24) is 0 Å². The van der Waals surface area contributed by atoms with Crippen molar-refractivity contribution in [2.45, 2.75) is 18.9 Å². The molecule has 0 amide bonds. The van der Waals surface area contributed by atoms with Crippen molar-refractivity contribution in [3.05, 3.63) is 89.9 Å². The third-order valence-electron chi connectivity index (χ3n) is 4.28. The molecule has 0 bridgehead atoms. The van der Waals surface area contributed by atoms with E-state index in [0.29, 0.717) is 0 Å². The van der Waals surface area contributed by atoms with Crippen molar-refractivity contribution < 1.29 is 14.5 Å². The number of ether oxygens (including phenoxy) is 1. The molecule has 0 unspecified atom stereocenters. The highest BCUT2D eigenvalue weighted by molar-refractivity contribution is 5.39. The largest absolute Gasteiger partial charge is 0.496 e. The van der Waals surface area contributed by atoms with Gasteiger partial charge >= 0.3 is 0 Å². The van der Waals surface area contributed by atoms with Crippen LogP contribution in [-0.2, 0) is 6.54 Å². The molecule has 0 spiro atoms. The molecular formula is C21H24NO2+. The summed E-state index contributed by atoms with van der Waals surface area (Å²) < 4.78 is 11.2. The molecular weight excluding hydrogens is 298 g/mol. The van der Waals surface area contributed by atoms with Gasteiger partial charge in [0.25, 0.3) is 0 Å². The molecule has 0 radical (unpaired) electrons. The van der Waals surface area contributed by atoms with Gasteiger partial charge in [-0.25, -0.2) is 0 Å². The van der Waals surface area contributed by atoms with Crippen LogP contribution in [0.2, 0.25) is 0 Å². The highest BCUT2D eigenvalue weighted by atomic mass is 16.5. The Morgan fingerprint density at radius 3 is 2.50 bits per heavy atom. The highest BCUT2D eigenvalue weighted by Crippen LogP contribution is 2.33. The summed E-state index contributed by atoms with van der Waals surface area (Å²) in [5.41, 5.74) is 2.53. The Balaban J connectivity index is 1.67. The lowest BCUT2D eigenvalue weighted by Crippen LogP contribution is -2.82. The first kappa shape index (κ1) is 16.3. The van der Waals surface area contributed by atoms with Crippen LogP contribution in [0.15, 0.2) is 77.4 Å². The van der Waals surface area contributed by atoms with E-state index in [0.717, 1.165) is 31.0 Å². The molecule has 3 heteroatoms. The molecule has 1 heterocycles. The van der Waals surface area contributed by atoms with Gasteiger partial charge in [-0.2, -0.15) is 0 Å². The van der Waals surface area contributed by atoms with Gasteiger partial charge < -0.3 is 14.5 Å². The molecule has 0 aliphatic carbocycles. The summed E-state index contributed by atoms with van der Waals surface area (Å²) in [6, 6.07) is 22.8. The first-order chi connectivity index (χ1) is 11.9. The number of para-hydroxylation sites is 1. The maximum atomic E-state index is 5.70. The average molecular weight is 322 g/mol. The van der Waals surface area contributed by atoms with E-state index in [4.69, 9.17) is 9.15 Å². The third kappa shape index (κ3) is 4.06. The van der Waals surface area contributed by atoms with E-state index in [-0.39, 0.29) is 5.92 Å². The number of hydrogen-bond acceptors (Lipinski definition) is 2. The van der Waals surface area contributed by atoms with E-state index in [9.17, 15) is 0 Å². The lowest BCUT2D eigenvalue weighted by molar-refractivity contribution is -0.671. The van der Waals surface area contributed by atoms with Gasteiger partial charge in [-0.15, -0.1) is 0 Å². The summed E-state index contributed by atoms with van der Waals surface area (Å²) in [6.45, 7) is 2.02. The molecule has 24 heavy (non-hydrogen) atoms. The van der Waals surface area contributed by atoms with E-state index in [1.165, 1.54) is 11.1 Å². The molecule has 0 saturated heterocycles. The fourth-order valence-electron chi connectivity index (χ4n) is 3.06. The highest BCUT2D eigenvalue weighted by Gasteiger charge is 2.21. The van der Waals surface area contributed by atoms with Gasteiger partial charge in [0, 0.05) is 17.5 Å². The Hall–Kier alpha value is -2.52. The third-order valence-corrected chi connectivity index (χ3v) is 4.28. The van der Waals surface area contributed by atoms with Crippen molar-refractivity contribution in [2.75, 3.05) is 13.7 Å². The second-order valence-corrected chi connectivity index (χ2v) is 5.87. The van der Waals surface area contributed by atoms with E-state index >= 15 is 0 Å². The number of nitrogens with two attached hydrogens (primary N) is 1. The molecule has 1 aromatic heterocycles. The number of methoxy groups -OCH3 is 1. The van der Waals surface area contributed by atoms with Gasteiger partial charge in [0.1, 0.15) is 18.1 Å². The molecule has 0 aliphatic rings. The Morgan fingerprint density at radius 2 is 1.75 bits per heavy atom. The monoisotopic (exact) mass is 322 g/mol. The molecule has 1 atom stereocenters. The summed E-state index contributed by atoms with van der Waals surface area (Å²) in [6.07, 6.45) is 2.74. The minimum Gasteiger partial charge on any atom is -0.496 e. The summed E-state index contributed by atoms with van der Waals surface area (Å²) in [4.78, 5) is 0. The Bertz CT molecular complexity index is 723. The predicted molar refractivity (Wildman–Crippen MR) is 95.1 cm³/mol. The van der Waals surface area contributed by atoms with Crippen LogP contribution in [-0.4, -0.2) is 13.7 Å². The summed E-state index contributed by atoms with van der Waals surface area (Å²) in [5.74, 6) is 2.12. The van der Waals surface area contributed by atoms with Gasteiger partial charge in [0.15, 0.2) is 0 Å². The predicted octanol–water partition coefficient (Wildman–Crippen LogP) is 3.57. The van der Waals surface area contributed by atoms with E-state index in [1.807, 2.05) is 24.3 Å². The van der Waals surface area contributed by atoms with Gasteiger partial charge in [-0.05, 0) is 18.2 Å². The van der Waals surface area contributed by atoms with Gasteiger partial charge in [-0.3, -0.25) is 0 Å². The summed E-state index contributed by atoms with van der Waals surface area (Å²) in [7, 11) is 1.72. The minimum absolute atomic E-state index is 0.211. The van der Waals surface area contributed by atoms with E-state index < -0.39 is 0 Å². The SMILES string of the molecule is COc1ccccc1[C@H](CC[NH2+]Cc1ccccc1)c1ccco1. The van der Waals surface area contributed by atoms with Crippen molar-refractivity contribution >= 4 is 0 Å². The zero-order valence-corrected chi connectivity index (χ0v) is 14.0. The summed E-state index contributed by atoms with van der Waals surface area (Å²) in [5, 5.41) is 2.35. The Labute approximate surface area is 143 Å². The lowest BCUT2D eigenvalue weighted by Gasteiger charge is -2.17. The normalized spacial score (nSPS) is 12.0. The van der Waals surface area contributed by atoms with Crippen molar-refractivity contribution in [3.8, 4) is 5.75 Å². The average Bonchev–Trinajstić information content (AvgIpc) is 3.17. The van der Waals surface area contributed by atoms with Gasteiger partial charge in [0.2, 0.25) is 0 Å². The fraction of sp³-hybridized carbons (Fsp3) is 0.238. The number of hydrogen-bond donors (Lipinski definition) is 1. The smallest absolute Gasteiger partial charge is 0.122 e. The van der Waals surface area contributed by atoms with Crippen molar-refractivity contribution in [1.29, 1.82) is 0 Å². The Morgan fingerprint density at radius 1 is 0.958 bits per heavy atom. The van der Waals surface area contributed by atoms with Crippen LogP contribution in [0.5, 0.6) is 5.75 Å². The number of furan rings is 1. The van der Waals surface area contributed by atoms with Crippen LogP contribution in [0.1, 0.15) is 29.2 Å². The van der Waals surface area contributed by atoms with Gasteiger partial charge in [-0.1, -0.05) is 48.5 Å². The molecule has 2 N–H and O–H groups in total. The zero-order valence-electron chi connectivity index (χ0n) is 14.0. The zero-order chi connectivity index (χ0) is 16.6. The second-order valence-electron chi connectivity index (χ2n) is 5.87. The van der Waals surface area contributed by atoms with Crippen LogP contribution in [0.4, 0.5) is 0 Å². The molecule has 124 valence electrons. The van der Waals surface area contributed by atoms with Crippen molar-refractivity contribution in [3.63, 3.8) is 0 Å². The first-order valence-electron chi connectivity index (χ1n) is 8.40. The van der Waals surface area contributed by atoms with Gasteiger partial charge in [0.05, 0.1) is 25.8 Å². The van der Waals surface area contributed by atoms with E-state index in [1.54, 1.807) is 13.4 Å². The molecule has 3 rings (SSSR count). The number of benzene rings is 2. The Kier molecular flexibility index (Phi) is 5.70. The fourth-order valence-corrected chi connectivity index (χ4v) is 3.06. The quantitative estimate of drug-likeness (QED) is 0.644. The topological polar surface area (TPSA) is 39.0 Å². The van der Waals surface area contributed by atoms with Crippen molar-refractivity contribution in [2.24, 2.45) is 0 Å². The van der Waals surface area contributed by atoms with E-state index in [2.05, 4.69) is 47.8 Å². The molecule has 0 fully saturated rings. The van der Waals surface area contributed by atoms with Crippen LogP contribution in [0.25, 0.3) is 0 Å². The standard InChI is InChI=1S/C21H23NO2/c1-23-20-11-6-5-10-18(20)19(21-12-7-15-24-21)13-14-22-16-17-8-3-2-4-9-17/h2-12,15,19,22H,13-14,16H2,1H3/p+1/t19-/m0/s1. The second kappa shape index (κ2) is 8.37. The molecule has 3 aromatic rings. The molecule has 0 aliphatic heterocycles. The van der Waals surface area contributed by atoms with Crippen LogP contribution < -0.4 is 10.1 Å². The first-order valence-corrected chi connectivity index (χ1v) is 8.40. The van der Waals surface area contributed by atoms with Crippen LogP contribution >= 0.6 is 0 Å². The maximum Gasteiger partial charge on any atom is 0.122 e. The minimum atomic E-state index is 0.211. The van der Waals surface area contributed by atoms with Crippen LogP contribution in [0, 0.1) is 0 Å². The van der Waals surface area contributed by atoms with Crippen LogP contribution in [0.3, 0.4) is 0 Å². The summed E-state index contributed by atoms with van der Waals surface area (Å²) >= 11 is 0. The molecule has 0 saturated carbocycles. The molecule has 3 nitrogen and oxygen atoms in total. The molecule has 2 aromatic carbocycles. The lowest BCUT2D eigenvalue weighted by atomic mass is 9.92. The number of quaternary nitrogens is 1.